The molecule has 1 fully saturated rings. The Kier molecular flexibility index (Phi) is 4.35. The molecule has 6 heteroatoms. The van der Waals surface area contributed by atoms with Crippen LogP contribution in [0.1, 0.15) is 13.8 Å². The highest BCUT2D eigenvalue weighted by molar-refractivity contribution is 8.00. The Balaban J connectivity index is 2.30. The average Bonchev–Trinajstić information content (AvgIpc) is 2.22. The molecule has 17 heavy (non-hydrogen) atoms. The van der Waals surface area contributed by atoms with E-state index in [0.717, 1.165) is 18.9 Å². The molecule has 2 nitrogen and oxygen atoms in total. The summed E-state index contributed by atoms with van der Waals surface area (Å²) in [6, 6.07) is 1.66. The fourth-order valence-electron chi connectivity index (χ4n) is 2.01. The van der Waals surface area contributed by atoms with Gasteiger partial charge in [0, 0.05) is 23.6 Å². The number of rotatable bonds is 1. The summed E-state index contributed by atoms with van der Waals surface area (Å²) in [7, 11) is 0. The minimum atomic E-state index is 0.310. The van der Waals surface area contributed by atoms with Gasteiger partial charge in [0.25, 0.3) is 0 Å². The molecule has 0 radical (unpaired) electrons. The van der Waals surface area contributed by atoms with Gasteiger partial charge >= 0.3 is 0 Å². The molecule has 0 bridgehead atoms. The van der Waals surface area contributed by atoms with Crippen LogP contribution in [0.4, 0.5) is 5.82 Å². The lowest BCUT2D eigenvalue weighted by atomic mass is 10.3. The highest BCUT2D eigenvalue weighted by Gasteiger charge is 2.25. The summed E-state index contributed by atoms with van der Waals surface area (Å²) in [6.07, 6.45) is 0. The quantitative estimate of drug-likeness (QED) is 0.716. The summed E-state index contributed by atoms with van der Waals surface area (Å²) >= 11 is 20.0. The van der Waals surface area contributed by atoms with Gasteiger partial charge in [0.1, 0.15) is 11.0 Å². The molecule has 94 valence electrons. The molecular weight excluding hydrogens is 299 g/mol. The van der Waals surface area contributed by atoms with Gasteiger partial charge in [0.2, 0.25) is 0 Å². The van der Waals surface area contributed by atoms with Gasteiger partial charge in [-0.1, -0.05) is 48.7 Å². The third-order valence-corrected chi connectivity index (χ3v) is 4.77. The van der Waals surface area contributed by atoms with Gasteiger partial charge < -0.3 is 4.90 Å². The van der Waals surface area contributed by atoms with E-state index in [1.165, 1.54) is 0 Å². The van der Waals surface area contributed by atoms with Crippen LogP contribution in [0.25, 0.3) is 0 Å². The molecule has 0 amide bonds. The zero-order valence-electron chi connectivity index (χ0n) is 9.58. The molecule has 1 aliphatic heterocycles. The number of pyridine rings is 1. The maximum absolute atomic E-state index is 6.18. The van der Waals surface area contributed by atoms with E-state index in [1.54, 1.807) is 6.07 Å². The normalized spacial score (nSPS) is 25.1. The van der Waals surface area contributed by atoms with E-state index in [-0.39, 0.29) is 0 Å². The van der Waals surface area contributed by atoms with Crippen molar-refractivity contribution in [1.82, 2.24) is 4.98 Å². The van der Waals surface area contributed by atoms with Crippen LogP contribution >= 0.6 is 46.6 Å². The fraction of sp³-hybridized carbons (Fsp3) is 0.545. The van der Waals surface area contributed by atoms with Crippen molar-refractivity contribution >= 4 is 52.4 Å². The predicted octanol–water partition coefficient (Wildman–Crippen LogP) is 4.37. The zero-order chi connectivity index (χ0) is 12.6. The number of hydrogen-bond acceptors (Lipinski definition) is 3. The summed E-state index contributed by atoms with van der Waals surface area (Å²) in [4.78, 5) is 6.46. The lowest BCUT2D eigenvalue weighted by Crippen LogP contribution is -2.41. The van der Waals surface area contributed by atoms with Crippen molar-refractivity contribution < 1.29 is 0 Å². The standard InChI is InChI=1S/C11H13Cl3N2S/c1-6-4-16(5-7(2)17-6)11-9(13)3-8(12)10(14)15-11/h3,6-7H,4-5H2,1-2H3. The largest absolute Gasteiger partial charge is 0.353 e. The maximum atomic E-state index is 6.18. The summed E-state index contributed by atoms with van der Waals surface area (Å²) in [5.74, 6) is 0.736. The first kappa shape index (κ1) is 13.6. The van der Waals surface area contributed by atoms with Crippen molar-refractivity contribution in [3.8, 4) is 0 Å². The van der Waals surface area contributed by atoms with Gasteiger partial charge in [0.15, 0.2) is 0 Å². The number of aromatic nitrogens is 1. The molecule has 0 N–H and O–H groups in total. The molecule has 0 spiro atoms. The zero-order valence-corrected chi connectivity index (χ0v) is 12.7. The Morgan fingerprint density at radius 1 is 1.18 bits per heavy atom. The van der Waals surface area contributed by atoms with E-state index in [2.05, 4.69) is 23.7 Å². The van der Waals surface area contributed by atoms with Gasteiger partial charge in [-0.05, 0) is 6.07 Å². The fourth-order valence-corrected chi connectivity index (χ4v) is 3.95. The van der Waals surface area contributed by atoms with Crippen LogP contribution in [0, 0.1) is 0 Å². The van der Waals surface area contributed by atoms with Crippen molar-refractivity contribution in [2.45, 2.75) is 24.3 Å². The number of halogens is 3. The Bertz CT molecular complexity index is 417. The van der Waals surface area contributed by atoms with Crippen molar-refractivity contribution in [1.29, 1.82) is 0 Å². The minimum absolute atomic E-state index is 0.310. The molecule has 1 saturated heterocycles. The van der Waals surface area contributed by atoms with E-state index in [9.17, 15) is 0 Å². The average molecular weight is 312 g/mol. The molecule has 0 aromatic carbocycles. The monoisotopic (exact) mass is 310 g/mol. The first-order valence-electron chi connectivity index (χ1n) is 5.39. The minimum Gasteiger partial charge on any atom is -0.353 e. The molecule has 2 atom stereocenters. The van der Waals surface area contributed by atoms with Crippen molar-refractivity contribution in [2.75, 3.05) is 18.0 Å². The summed E-state index contributed by atoms with van der Waals surface area (Å²) < 4.78 is 0. The van der Waals surface area contributed by atoms with Crippen LogP contribution < -0.4 is 4.90 Å². The predicted molar refractivity (Wildman–Crippen MR) is 78.0 cm³/mol. The smallest absolute Gasteiger partial charge is 0.150 e. The maximum Gasteiger partial charge on any atom is 0.150 e. The highest BCUT2D eigenvalue weighted by Crippen LogP contribution is 2.34. The molecule has 2 heterocycles. The molecule has 2 rings (SSSR count). The van der Waals surface area contributed by atoms with E-state index in [1.807, 2.05) is 11.8 Å². The van der Waals surface area contributed by atoms with Gasteiger partial charge in [-0.15, -0.1) is 0 Å². The third kappa shape index (κ3) is 3.14. The van der Waals surface area contributed by atoms with Gasteiger partial charge in [-0.2, -0.15) is 11.8 Å². The van der Waals surface area contributed by atoms with E-state index in [4.69, 9.17) is 34.8 Å². The van der Waals surface area contributed by atoms with Crippen LogP contribution in [0.5, 0.6) is 0 Å². The van der Waals surface area contributed by atoms with Crippen molar-refractivity contribution in [3.05, 3.63) is 21.3 Å². The first-order chi connectivity index (χ1) is 7.97. The number of anilines is 1. The van der Waals surface area contributed by atoms with E-state index in [0.29, 0.717) is 25.7 Å². The molecule has 2 unspecified atom stereocenters. The molecule has 1 aliphatic rings. The van der Waals surface area contributed by atoms with Crippen LogP contribution in [-0.2, 0) is 0 Å². The molecular formula is C11H13Cl3N2S. The van der Waals surface area contributed by atoms with Gasteiger partial charge in [0.05, 0.1) is 10.0 Å². The lowest BCUT2D eigenvalue weighted by molar-refractivity contribution is 0.719. The summed E-state index contributed by atoms with van der Waals surface area (Å²) in [6.45, 7) is 6.27. The molecule has 0 aliphatic carbocycles. The Morgan fingerprint density at radius 3 is 2.35 bits per heavy atom. The van der Waals surface area contributed by atoms with E-state index >= 15 is 0 Å². The second kappa shape index (κ2) is 5.43. The Labute approximate surface area is 121 Å². The van der Waals surface area contributed by atoms with Gasteiger partial charge in [-0.3, -0.25) is 0 Å². The van der Waals surface area contributed by atoms with Crippen LogP contribution in [-0.4, -0.2) is 28.6 Å². The Hall–Kier alpha value is 0.170. The molecule has 1 aromatic heterocycles. The van der Waals surface area contributed by atoms with Crippen LogP contribution in [0.3, 0.4) is 0 Å². The first-order valence-corrected chi connectivity index (χ1v) is 7.47. The number of hydrogen-bond donors (Lipinski definition) is 0. The van der Waals surface area contributed by atoms with Crippen LogP contribution in [0.15, 0.2) is 6.07 Å². The topological polar surface area (TPSA) is 16.1 Å². The van der Waals surface area contributed by atoms with E-state index < -0.39 is 0 Å². The second-order valence-corrected chi connectivity index (χ2v) is 7.28. The molecule has 1 aromatic rings. The molecule has 0 saturated carbocycles. The number of nitrogens with zero attached hydrogens (tertiary/aromatic N) is 2. The van der Waals surface area contributed by atoms with Crippen LogP contribution in [0.2, 0.25) is 15.2 Å². The van der Waals surface area contributed by atoms with Crippen molar-refractivity contribution in [2.24, 2.45) is 0 Å². The summed E-state index contributed by atoms with van der Waals surface area (Å²) in [5, 5.41) is 2.39. The number of thioether (sulfide) groups is 1. The highest BCUT2D eigenvalue weighted by atomic mass is 35.5. The summed E-state index contributed by atoms with van der Waals surface area (Å²) in [5.41, 5.74) is 0. The van der Waals surface area contributed by atoms with Crippen molar-refractivity contribution in [3.63, 3.8) is 0 Å². The second-order valence-electron chi connectivity index (χ2n) is 4.23. The SMILES string of the molecule is CC1CN(c2nc(Cl)c(Cl)cc2Cl)CC(C)S1. The Morgan fingerprint density at radius 2 is 1.76 bits per heavy atom. The third-order valence-electron chi connectivity index (χ3n) is 2.59. The lowest BCUT2D eigenvalue weighted by Gasteiger charge is -2.35. The van der Waals surface area contributed by atoms with Gasteiger partial charge in [-0.25, -0.2) is 4.98 Å².